The van der Waals surface area contributed by atoms with E-state index in [0.717, 1.165) is 6.54 Å². The minimum atomic E-state index is 0.454. The van der Waals surface area contributed by atoms with Gasteiger partial charge in [-0.3, -0.25) is 0 Å². The molecule has 2 heteroatoms. The fraction of sp³-hybridized carbons (Fsp3) is 0.667. The maximum Gasteiger partial charge on any atom is 0.0292 e. The van der Waals surface area contributed by atoms with Crippen LogP contribution in [0.3, 0.4) is 0 Å². The number of aryl methyl sites for hydroxylation is 1. The van der Waals surface area contributed by atoms with Crippen LogP contribution in [-0.4, -0.2) is 17.5 Å². The SMILES string of the molecule is CCCc1ccc(C(C)NCC2(SC)CCCC2)cc1. The molecule has 1 atom stereocenters. The van der Waals surface area contributed by atoms with E-state index in [1.165, 1.54) is 49.7 Å². The summed E-state index contributed by atoms with van der Waals surface area (Å²) in [6.07, 6.45) is 10.3. The van der Waals surface area contributed by atoms with Crippen molar-refractivity contribution in [3.05, 3.63) is 35.4 Å². The second-order valence-corrected chi connectivity index (χ2v) is 7.46. The smallest absolute Gasteiger partial charge is 0.0292 e. The minimum Gasteiger partial charge on any atom is -0.309 e. The van der Waals surface area contributed by atoms with E-state index in [1.807, 2.05) is 0 Å². The number of hydrogen-bond donors (Lipinski definition) is 1. The first-order valence-electron chi connectivity index (χ1n) is 8.06. The maximum atomic E-state index is 3.76. The molecule has 112 valence electrons. The molecule has 0 spiro atoms. The molecule has 1 aliphatic carbocycles. The molecule has 20 heavy (non-hydrogen) atoms. The van der Waals surface area contributed by atoms with Crippen LogP contribution in [0, 0.1) is 0 Å². The molecule has 0 heterocycles. The third-order valence-electron chi connectivity index (χ3n) is 4.70. The minimum absolute atomic E-state index is 0.454. The lowest BCUT2D eigenvalue weighted by Crippen LogP contribution is -2.36. The summed E-state index contributed by atoms with van der Waals surface area (Å²) >= 11 is 2.06. The molecular weight excluding hydrogens is 262 g/mol. The Bertz CT molecular complexity index is 392. The van der Waals surface area contributed by atoms with Crippen molar-refractivity contribution in [3.8, 4) is 0 Å². The number of nitrogens with one attached hydrogen (secondary N) is 1. The van der Waals surface area contributed by atoms with Crippen molar-refractivity contribution in [2.75, 3.05) is 12.8 Å². The van der Waals surface area contributed by atoms with Crippen LogP contribution in [-0.2, 0) is 6.42 Å². The molecule has 0 aliphatic heterocycles. The van der Waals surface area contributed by atoms with Crippen LogP contribution in [0.5, 0.6) is 0 Å². The van der Waals surface area contributed by atoms with Gasteiger partial charge in [-0.1, -0.05) is 50.5 Å². The van der Waals surface area contributed by atoms with Crippen LogP contribution in [0.25, 0.3) is 0 Å². The van der Waals surface area contributed by atoms with E-state index in [2.05, 4.69) is 61.4 Å². The highest BCUT2D eigenvalue weighted by molar-refractivity contribution is 8.00. The molecule has 0 bridgehead atoms. The van der Waals surface area contributed by atoms with E-state index in [-0.39, 0.29) is 0 Å². The van der Waals surface area contributed by atoms with Crippen molar-refractivity contribution in [3.63, 3.8) is 0 Å². The summed E-state index contributed by atoms with van der Waals surface area (Å²) < 4.78 is 0.496. The van der Waals surface area contributed by atoms with Gasteiger partial charge in [-0.15, -0.1) is 0 Å². The van der Waals surface area contributed by atoms with E-state index in [0.29, 0.717) is 10.8 Å². The first kappa shape index (κ1) is 15.9. The van der Waals surface area contributed by atoms with Gasteiger partial charge in [0.1, 0.15) is 0 Å². The van der Waals surface area contributed by atoms with Gasteiger partial charge in [-0.05, 0) is 43.6 Å². The standard InChI is InChI=1S/C18H29NS/c1-4-7-16-8-10-17(11-9-16)15(2)19-14-18(20-3)12-5-6-13-18/h8-11,15,19H,4-7,12-14H2,1-3H3. The highest BCUT2D eigenvalue weighted by Crippen LogP contribution is 2.39. The lowest BCUT2D eigenvalue weighted by atomic mass is 10.0. The van der Waals surface area contributed by atoms with Crippen molar-refractivity contribution in [1.29, 1.82) is 0 Å². The fourth-order valence-electron chi connectivity index (χ4n) is 3.19. The summed E-state index contributed by atoms with van der Waals surface area (Å²) in [6, 6.07) is 9.62. The van der Waals surface area contributed by atoms with Crippen LogP contribution in [0.15, 0.2) is 24.3 Å². The van der Waals surface area contributed by atoms with Crippen LogP contribution in [0.4, 0.5) is 0 Å². The Morgan fingerprint density at radius 2 is 1.85 bits per heavy atom. The molecule has 1 aromatic rings. The van der Waals surface area contributed by atoms with Gasteiger partial charge in [0.05, 0.1) is 0 Å². The molecule has 1 fully saturated rings. The van der Waals surface area contributed by atoms with Crippen molar-refractivity contribution >= 4 is 11.8 Å². The van der Waals surface area contributed by atoms with Gasteiger partial charge >= 0.3 is 0 Å². The zero-order valence-electron chi connectivity index (χ0n) is 13.2. The Labute approximate surface area is 128 Å². The van der Waals surface area contributed by atoms with E-state index < -0.39 is 0 Å². The monoisotopic (exact) mass is 291 g/mol. The second kappa shape index (κ2) is 7.51. The van der Waals surface area contributed by atoms with E-state index in [1.54, 1.807) is 0 Å². The van der Waals surface area contributed by atoms with Crippen molar-refractivity contribution < 1.29 is 0 Å². The average molecular weight is 292 g/mol. The molecule has 2 rings (SSSR count). The Balaban J connectivity index is 1.89. The van der Waals surface area contributed by atoms with Gasteiger partial charge in [0, 0.05) is 17.3 Å². The summed E-state index contributed by atoms with van der Waals surface area (Å²) in [7, 11) is 0. The van der Waals surface area contributed by atoms with Gasteiger partial charge in [0.25, 0.3) is 0 Å². The molecule has 1 saturated carbocycles. The second-order valence-electron chi connectivity index (χ2n) is 6.19. The third-order valence-corrected chi connectivity index (χ3v) is 6.12. The predicted molar refractivity (Wildman–Crippen MR) is 91.6 cm³/mol. The van der Waals surface area contributed by atoms with E-state index in [4.69, 9.17) is 0 Å². The Kier molecular flexibility index (Phi) is 5.98. The largest absolute Gasteiger partial charge is 0.309 e. The van der Waals surface area contributed by atoms with E-state index >= 15 is 0 Å². The lowest BCUT2D eigenvalue weighted by molar-refractivity contribution is 0.486. The predicted octanol–water partition coefficient (Wildman–Crippen LogP) is 4.97. The summed E-state index contributed by atoms with van der Waals surface area (Å²) in [6.45, 7) is 5.67. The van der Waals surface area contributed by atoms with Gasteiger partial charge < -0.3 is 5.32 Å². The molecular formula is C18H29NS. The quantitative estimate of drug-likeness (QED) is 0.761. The summed E-state index contributed by atoms with van der Waals surface area (Å²) in [5.74, 6) is 0. The van der Waals surface area contributed by atoms with Crippen LogP contribution in [0.1, 0.15) is 63.1 Å². The number of rotatable bonds is 7. The molecule has 0 aromatic heterocycles. The van der Waals surface area contributed by atoms with Crippen LogP contribution in [0.2, 0.25) is 0 Å². The normalized spacial score (nSPS) is 19.1. The summed E-state index contributed by atoms with van der Waals surface area (Å²) in [5, 5.41) is 3.76. The lowest BCUT2D eigenvalue weighted by Gasteiger charge is -2.29. The summed E-state index contributed by atoms with van der Waals surface area (Å²) in [5.41, 5.74) is 2.87. The van der Waals surface area contributed by atoms with Gasteiger partial charge in [-0.25, -0.2) is 0 Å². The maximum absolute atomic E-state index is 3.76. The molecule has 0 amide bonds. The van der Waals surface area contributed by atoms with Crippen molar-refractivity contribution in [2.24, 2.45) is 0 Å². The Hall–Kier alpha value is -0.470. The first-order chi connectivity index (χ1) is 9.69. The van der Waals surface area contributed by atoms with Gasteiger partial charge in [-0.2, -0.15) is 11.8 Å². The first-order valence-corrected chi connectivity index (χ1v) is 9.29. The van der Waals surface area contributed by atoms with Crippen molar-refractivity contribution in [1.82, 2.24) is 5.32 Å². The molecule has 1 unspecified atom stereocenters. The Morgan fingerprint density at radius 1 is 1.20 bits per heavy atom. The molecule has 0 saturated heterocycles. The van der Waals surface area contributed by atoms with Gasteiger partial charge in [0.15, 0.2) is 0 Å². The topological polar surface area (TPSA) is 12.0 Å². The zero-order chi connectivity index (χ0) is 14.4. The number of benzene rings is 1. The van der Waals surface area contributed by atoms with Crippen molar-refractivity contribution in [2.45, 2.75) is 63.2 Å². The third kappa shape index (κ3) is 4.02. The molecule has 1 N–H and O–H groups in total. The van der Waals surface area contributed by atoms with Crippen LogP contribution < -0.4 is 5.32 Å². The molecule has 0 radical (unpaired) electrons. The zero-order valence-corrected chi connectivity index (χ0v) is 14.1. The highest BCUT2D eigenvalue weighted by Gasteiger charge is 2.32. The van der Waals surface area contributed by atoms with E-state index in [9.17, 15) is 0 Å². The van der Waals surface area contributed by atoms with Crippen LogP contribution >= 0.6 is 11.8 Å². The molecule has 1 aromatic carbocycles. The Morgan fingerprint density at radius 3 is 2.40 bits per heavy atom. The molecule has 1 nitrogen and oxygen atoms in total. The average Bonchev–Trinajstić information content (AvgIpc) is 2.95. The van der Waals surface area contributed by atoms with Gasteiger partial charge in [0.2, 0.25) is 0 Å². The summed E-state index contributed by atoms with van der Waals surface area (Å²) in [4.78, 5) is 0. The highest BCUT2D eigenvalue weighted by atomic mass is 32.2. The number of thioether (sulfide) groups is 1. The number of hydrogen-bond acceptors (Lipinski definition) is 2. The molecule has 1 aliphatic rings. The fourth-order valence-corrected chi connectivity index (χ4v) is 4.12.